The van der Waals surface area contributed by atoms with Gasteiger partial charge in [0, 0.05) is 0 Å². The van der Waals surface area contributed by atoms with E-state index in [1.807, 2.05) is 0 Å². The summed E-state index contributed by atoms with van der Waals surface area (Å²) in [6.45, 7) is 11.3. The van der Waals surface area contributed by atoms with Crippen molar-refractivity contribution in [2.45, 2.75) is 47.5 Å². The maximum Gasteiger partial charge on any atom is -0.0132 e. The van der Waals surface area contributed by atoms with Crippen molar-refractivity contribution in [1.82, 2.24) is 0 Å². The van der Waals surface area contributed by atoms with Crippen molar-refractivity contribution in [2.24, 2.45) is 5.41 Å². The van der Waals surface area contributed by atoms with Crippen molar-refractivity contribution < 1.29 is 0 Å². The fraction of sp³-hybridized carbons (Fsp3) is 0.571. The lowest BCUT2D eigenvalue weighted by Gasteiger charge is -2.18. The van der Waals surface area contributed by atoms with Crippen LogP contribution in [0.5, 0.6) is 0 Å². The lowest BCUT2D eigenvalue weighted by molar-refractivity contribution is 0.518. The van der Waals surface area contributed by atoms with E-state index < -0.39 is 0 Å². The molecule has 0 bridgehead atoms. The molecular weight excluding hydrogens is 168 g/mol. The van der Waals surface area contributed by atoms with Gasteiger partial charge in [0.1, 0.15) is 0 Å². The molecule has 0 nitrogen and oxygen atoms in total. The van der Waals surface area contributed by atoms with Crippen LogP contribution in [0.1, 0.15) is 47.5 Å². The van der Waals surface area contributed by atoms with E-state index in [0.717, 1.165) is 0 Å². The molecule has 0 fully saturated rings. The zero-order chi connectivity index (χ0) is 10.8. The van der Waals surface area contributed by atoms with Crippen LogP contribution in [0.4, 0.5) is 0 Å². The summed E-state index contributed by atoms with van der Waals surface area (Å²) in [6, 6.07) is 0. The molecule has 1 aliphatic carbocycles. The van der Waals surface area contributed by atoms with E-state index in [0.29, 0.717) is 0 Å². The smallest absolute Gasteiger partial charge is 0.0132 e. The van der Waals surface area contributed by atoms with Gasteiger partial charge in [0.2, 0.25) is 0 Å². The van der Waals surface area contributed by atoms with Crippen molar-refractivity contribution in [3.63, 3.8) is 0 Å². The third kappa shape index (κ3) is 2.37. The van der Waals surface area contributed by atoms with Gasteiger partial charge in [0.25, 0.3) is 0 Å². The van der Waals surface area contributed by atoms with Crippen LogP contribution in [-0.2, 0) is 0 Å². The number of rotatable bonds is 2. The molecule has 0 unspecified atom stereocenters. The third-order valence-electron chi connectivity index (χ3n) is 2.88. The highest BCUT2D eigenvalue weighted by molar-refractivity contribution is 5.50. The summed E-state index contributed by atoms with van der Waals surface area (Å²) >= 11 is 0. The molecule has 0 saturated carbocycles. The van der Waals surface area contributed by atoms with E-state index in [9.17, 15) is 0 Å². The standard InChI is InChI=1S/C14H22/c1-6-11(7-2)12-8-9-13(10-12)14(3,4)5/h8-10H,6-7H2,1-5H3. The highest BCUT2D eigenvalue weighted by Gasteiger charge is 2.18. The molecule has 1 rings (SSSR count). The second-order valence-corrected chi connectivity index (χ2v) is 4.95. The van der Waals surface area contributed by atoms with Gasteiger partial charge in [-0.25, -0.2) is 0 Å². The summed E-state index contributed by atoms with van der Waals surface area (Å²) in [5, 5.41) is 0. The van der Waals surface area contributed by atoms with Crippen LogP contribution in [-0.4, -0.2) is 0 Å². The summed E-state index contributed by atoms with van der Waals surface area (Å²) in [7, 11) is 0. The summed E-state index contributed by atoms with van der Waals surface area (Å²) in [5.74, 6) is 0. The van der Waals surface area contributed by atoms with E-state index in [4.69, 9.17) is 0 Å². The minimum absolute atomic E-state index is 0.283. The van der Waals surface area contributed by atoms with Gasteiger partial charge in [0.05, 0.1) is 0 Å². The van der Waals surface area contributed by atoms with Gasteiger partial charge in [-0.15, -0.1) is 0 Å². The van der Waals surface area contributed by atoms with Crippen LogP contribution in [0.25, 0.3) is 0 Å². The van der Waals surface area contributed by atoms with Gasteiger partial charge in [0.15, 0.2) is 0 Å². The molecule has 0 heteroatoms. The van der Waals surface area contributed by atoms with Crippen LogP contribution in [0, 0.1) is 5.41 Å². The lowest BCUT2D eigenvalue weighted by atomic mass is 9.87. The van der Waals surface area contributed by atoms with Crippen LogP contribution in [0.15, 0.2) is 34.9 Å². The Morgan fingerprint density at radius 3 is 2.00 bits per heavy atom. The van der Waals surface area contributed by atoms with Crippen LogP contribution < -0.4 is 0 Å². The quantitative estimate of drug-likeness (QED) is 0.595. The zero-order valence-electron chi connectivity index (χ0n) is 10.1. The number of hydrogen-bond acceptors (Lipinski definition) is 0. The fourth-order valence-electron chi connectivity index (χ4n) is 1.79. The molecule has 0 N–H and O–H groups in total. The average Bonchev–Trinajstić information content (AvgIpc) is 2.54. The van der Waals surface area contributed by atoms with E-state index in [1.54, 1.807) is 5.57 Å². The Morgan fingerprint density at radius 1 is 1.07 bits per heavy atom. The van der Waals surface area contributed by atoms with Crippen molar-refractivity contribution in [2.75, 3.05) is 0 Å². The second-order valence-electron chi connectivity index (χ2n) is 4.95. The van der Waals surface area contributed by atoms with Gasteiger partial charge < -0.3 is 0 Å². The first kappa shape index (κ1) is 11.3. The molecule has 0 amide bonds. The minimum atomic E-state index is 0.283. The summed E-state index contributed by atoms with van der Waals surface area (Å²) < 4.78 is 0. The van der Waals surface area contributed by atoms with Crippen LogP contribution in [0.2, 0.25) is 0 Å². The van der Waals surface area contributed by atoms with Gasteiger partial charge >= 0.3 is 0 Å². The average molecular weight is 190 g/mol. The Labute approximate surface area is 88.4 Å². The first-order valence-electron chi connectivity index (χ1n) is 5.61. The monoisotopic (exact) mass is 190 g/mol. The summed E-state index contributed by atoms with van der Waals surface area (Å²) in [6.07, 6.45) is 9.22. The topological polar surface area (TPSA) is 0 Å². The van der Waals surface area contributed by atoms with E-state index in [2.05, 4.69) is 52.8 Å². The zero-order valence-corrected chi connectivity index (χ0v) is 10.1. The molecule has 0 spiro atoms. The Balaban J connectivity index is 2.98. The molecule has 0 radical (unpaired) electrons. The highest BCUT2D eigenvalue weighted by Crippen LogP contribution is 2.33. The minimum Gasteiger partial charge on any atom is -0.0635 e. The predicted molar refractivity (Wildman–Crippen MR) is 64.3 cm³/mol. The van der Waals surface area contributed by atoms with Gasteiger partial charge in [-0.2, -0.15) is 0 Å². The van der Waals surface area contributed by atoms with E-state index >= 15 is 0 Å². The number of allylic oxidation sites excluding steroid dienone is 6. The van der Waals surface area contributed by atoms with Crippen molar-refractivity contribution >= 4 is 0 Å². The molecule has 0 atom stereocenters. The maximum atomic E-state index is 2.35. The largest absolute Gasteiger partial charge is 0.0635 e. The SMILES string of the molecule is CCC(CC)=C1C=CC(C(C)(C)C)=C1. The first-order valence-corrected chi connectivity index (χ1v) is 5.61. The summed E-state index contributed by atoms with van der Waals surface area (Å²) in [5.41, 5.74) is 4.75. The molecule has 0 aromatic rings. The Kier molecular flexibility index (Phi) is 3.36. The summed E-state index contributed by atoms with van der Waals surface area (Å²) in [4.78, 5) is 0. The molecule has 0 aromatic heterocycles. The number of hydrogen-bond donors (Lipinski definition) is 0. The first-order chi connectivity index (χ1) is 6.49. The van der Waals surface area contributed by atoms with Gasteiger partial charge in [-0.1, -0.05) is 58.4 Å². The molecular formula is C14H22. The van der Waals surface area contributed by atoms with Crippen molar-refractivity contribution in [3.8, 4) is 0 Å². The molecule has 14 heavy (non-hydrogen) atoms. The van der Waals surface area contributed by atoms with E-state index in [-0.39, 0.29) is 5.41 Å². The molecule has 0 heterocycles. The highest BCUT2D eigenvalue weighted by atomic mass is 14.2. The van der Waals surface area contributed by atoms with Crippen molar-refractivity contribution in [1.29, 1.82) is 0 Å². The van der Waals surface area contributed by atoms with Crippen molar-refractivity contribution in [3.05, 3.63) is 34.9 Å². The Bertz CT molecular complexity index is 286. The third-order valence-corrected chi connectivity index (χ3v) is 2.88. The normalized spacial score (nSPS) is 16.1. The Morgan fingerprint density at radius 2 is 1.64 bits per heavy atom. The van der Waals surface area contributed by atoms with Crippen LogP contribution >= 0.6 is 0 Å². The Hall–Kier alpha value is -0.780. The maximum absolute atomic E-state index is 2.35. The second kappa shape index (κ2) is 4.16. The fourth-order valence-corrected chi connectivity index (χ4v) is 1.79. The molecule has 0 saturated heterocycles. The molecule has 0 aliphatic heterocycles. The molecule has 78 valence electrons. The predicted octanol–water partition coefficient (Wildman–Crippen LogP) is 4.65. The van der Waals surface area contributed by atoms with Gasteiger partial charge in [-0.05, 0) is 29.4 Å². The van der Waals surface area contributed by atoms with Crippen LogP contribution in [0.3, 0.4) is 0 Å². The van der Waals surface area contributed by atoms with E-state index in [1.165, 1.54) is 24.0 Å². The lowest BCUT2D eigenvalue weighted by Crippen LogP contribution is -2.05. The van der Waals surface area contributed by atoms with Gasteiger partial charge in [-0.3, -0.25) is 0 Å². The molecule has 0 aromatic carbocycles. The molecule has 1 aliphatic rings.